The first kappa shape index (κ1) is 17.3. The largest absolute Gasteiger partial charge is 0.341 e. The van der Waals surface area contributed by atoms with Gasteiger partial charge in [-0.25, -0.2) is 4.98 Å². The SMILES string of the molecule is CC(C)(C)[NH2+]CCn1c(-c2ccc(Br)cc2)cn2c3ccccc3nc12. The lowest BCUT2D eigenvalue weighted by atomic mass is 10.1. The molecule has 0 saturated heterocycles. The highest BCUT2D eigenvalue weighted by atomic mass is 79.9. The second-order valence-electron chi connectivity index (χ2n) is 7.80. The van der Waals surface area contributed by atoms with Crippen molar-refractivity contribution in [2.75, 3.05) is 6.54 Å². The van der Waals surface area contributed by atoms with Crippen molar-refractivity contribution in [3.8, 4) is 11.3 Å². The van der Waals surface area contributed by atoms with Crippen molar-refractivity contribution in [2.45, 2.75) is 32.9 Å². The highest BCUT2D eigenvalue weighted by Gasteiger charge is 2.17. The van der Waals surface area contributed by atoms with Crippen LogP contribution in [0.2, 0.25) is 0 Å². The Hall–Kier alpha value is -2.11. The summed E-state index contributed by atoms with van der Waals surface area (Å²) in [4.78, 5) is 4.90. The second-order valence-corrected chi connectivity index (χ2v) is 8.72. The van der Waals surface area contributed by atoms with Gasteiger partial charge in [0.15, 0.2) is 0 Å². The standard InChI is InChI=1S/C21H23BrN4/c1-21(2,3)23-12-13-25-19(15-8-10-16(22)11-9-15)14-26-18-7-5-4-6-17(18)24-20(25)26/h4-11,14,23H,12-13H2,1-3H3/p+1. The number of rotatable bonds is 4. The molecular weight excluding hydrogens is 388 g/mol. The Kier molecular flexibility index (Phi) is 4.37. The van der Waals surface area contributed by atoms with E-state index in [9.17, 15) is 0 Å². The van der Waals surface area contributed by atoms with E-state index in [-0.39, 0.29) is 5.54 Å². The normalized spacial score (nSPS) is 12.3. The number of nitrogens with two attached hydrogens (primary N) is 1. The summed E-state index contributed by atoms with van der Waals surface area (Å²) in [6, 6.07) is 16.8. The van der Waals surface area contributed by atoms with Crippen LogP contribution in [-0.4, -0.2) is 26.0 Å². The van der Waals surface area contributed by atoms with Gasteiger partial charge in [0.2, 0.25) is 5.78 Å². The third-order valence-corrected chi connectivity index (χ3v) is 5.14. The Balaban J connectivity index is 1.83. The first-order valence-corrected chi connectivity index (χ1v) is 9.78. The average molecular weight is 412 g/mol. The van der Waals surface area contributed by atoms with Crippen LogP contribution < -0.4 is 5.32 Å². The number of imidazole rings is 2. The van der Waals surface area contributed by atoms with Gasteiger partial charge in [0.1, 0.15) is 0 Å². The lowest BCUT2D eigenvalue weighted by Crippen LogP contribution is -2.94. The lowest BCUT2D eigenvalue weighted by Gasteiger charge is -2.17. The van der Waals surface area contributed by atoms with Gasteiger partial charge in [0.25, 0.3) is 0 Å². The minimum Gasteiger partial charge on any atom is -0.341 e. The maximum Gasteiger partial charge on any atom is 0.215 e. The minimum atomic E-state index is 0.224. The molecule has 2 aromatic heterocycles. The van der Waals surface area contributed by atoms with E-state index in [0.29, 0.717) is 0 Å². The lowest BCUT2D eigenvalue weighted by molar-refractivity contribution is -0.717. The topological polar surface area (TPSA) is 38.8 Å². The monoisotopic (exact) mass is 411 g/mol. The molecule has 2 aromatic carbocycles. The molecule has 0 unspecified atom stereocenters. The summed E-state index contributed by atoms with van der Waals surface area (Å²) in [5.41, 5.74) is 4.82. The van der Waals surface area contributed by atoms with Gasteiger partial charge in [-0.05, 0) is 50.6 Å². The smallest absolute Gasteiger partial charge is 0.215 e. The van der Waals surface area contributed by atoms with Gasteiger partial charge in [-0.15, -0.1) is 0 Å². The molecule has 26 heavy (non-hydrogen) atoms. The third kappa shape index (κ3) is 3.29. The maximum absolute atomic E-state index is 4.90. The van der Waals surface area contributed by atoms with Gasteiger partial charge in [-0.3, -0.25) is 4.40 Å². The quantitative estimate of drug-likeness (QED) is 0.539. The van der Waals surface area contributed by atoms with E-state index in [2.05, 4.69) is 99.6 Å². The van der Waals surface area contributed by atoms with E-state index in [0.717, 1.165) is 34.4 Å². The van der Waals surface area contributed by atoms with Gasteiger partial charge < -0.3 is 9.88 Å². The van der Waals surface area contributed by atoms with E-state index >= 15 is 0 Å². The van der Waals surface area contributed by atoms with Crippen LogP contribution >= 0.6 is 15.9 Å². The number of quaternary nitrogens is 1. The summed E-state index contributed by atoms with van der Waals surface area (Å²) in [5, 5.41) is 2.39. The fourth-order valence-corrected chi connectivity index (χ4v) is 3.61. The molecule has 0 atom stereocenters. The van der Waals surface area contributed by atoms with E-state index in [4.69, 9.17) is 4.98 Å². The van der Waals surface area contributed by atoms with E-state index in [1.165, 1.54) is 11.3 Å². The molecule has 4 aromatic rings. The third-order valence-electron chi connectivity index (χ3n) is 4.61. The van der Waals surface area contributed by atoms with Crippen molar-refractivity contribution in [1.82, 2.24) is 14.0 Å². The van der Waals surface area contributed by atoms with Crippen LogP contribution in [0.15, 0.2) is 59.2 Å². The molecule has 2 heterocycles. The van der Waals surface area contributed by atoms with Gasteiger partial charge >= 0.3 is 0 Å². The van der Waals surface area contributed by atoms with Crippen LogP contribution in [0.3, 0.4) is 0 Å². The summed E-state index contributed by atoms with van der Waals surface area (Å²) in [6.45, 7) is 8.68. The van der Waals surface area contributed by atoms with Crippen molar-refractivity contribution in [2.24, 2.45) is 0 Å². The van der Waals surface area contributed by atoms with Gasteiger partial charge in [-0.1, -0.05) is 40.2 Å². The molecule has 4 rings (SSSR count). The first-order chi connectivity index (χ1) is 12.4. The molecule has 0 radical (unpaired) electrons. The van der Waals surface area contributed by atoms with Crippen LogP contribution in [0.25, 0.3) is 28.1 Å². The zero-order valence-corrected chi connectivity index (χ0v) is 17.0. The number of hydrogen-bond donors (Lipinski definition) is 1. The number of aromatic nitrogens is 3. The number of nitrogens with zero attached hydrogens (tertiary/aromatic N) is 3. The highest BCUT2D eigenvalue weighted by molar-refractivity contribution is 9.10. The van der Waals surface area contributed by atoms with Crippen molar-refractivity contribution in [3.63, 3.8) is 0 Å². The Morgan fingerprint density at radius 3 is 2.50 bits per heavy atom. The van der Waals surface area contributed by atoms with Gasteiger partial charge in [0.05, 0.1) is 35.4 Å². The average Bonchev–Trinajstić information content (AvgIpc) is 3.11. The van der Waals surface area contributed by atoms with Crippen molar-refractivity contribution < 1.29 is 5.32 Å². The zero-order valence-electron chi connectivity index (χ0n) is 15.4. The van der Waals surface area contributed by atoms with Crippen LogP contribution in [0, 0.1) is 0 Å². The van der Waals surface area contributed by atoms with Crippen LogP contribution in [-0.2, 0) is 6.54 Å². The van der Waals surface area contributed by atoms with E-state index in [1.54, 1.807) is 0 Å². The Morgan fingerprint density at radius 2 is 1.77 bits per heavy atom. The number of fused-ring (bicyclic) bond motifs is 3. The van der Waals surface area contributed by atoms with Crippen molar-refractivity contribution in [1.29, 1.82) is 0 Å². The summed E-state index contributed by atoms with van der Waals surface area (Å²) in [7, 11) is 0. The molecule has 0 fully saturated rings. The molecule has 2 N–H and O–H groups in total. The number of benzene rings is 2. The summed E-state index contributed by atoms with van der Waals surface area (Å²) >= 11 is 3.53. The Bertz CT molecular complexity index is 1050. The minimum absolute atomic E-state index is 0.224. The van der Waals surface area contributed by atoms with Crippen LogP contribution in [0.5, 0.6) is 0 Å². The number of halogens is 1. The number of para-hydroxylation sites is 2. The highest BCUT2D eigenvalue weighted by Crippen LogP contribution is 2.27. The fourth-order valence-electron chi connectivity index (χ4n) is 3.35. The van der Waals surface area contributed by atoms with Crippen LogP contribution in [0.1, 0.15) is 20.8 Å². The van der Waals surface area contributed by atoms with Crippen LogP contribution in [0.4, 0.5) is 0 Å². The first-order valence-electron chi connectivity index (χ1n) is 8.99. The zero-order chi connectivity index (χ0) is 18.3. The summed E-state index contributed by atoms with van der Waals surface area (Å²) in [5.74, 6) is 1.01. The molecule has 0 aliphatic heterocycles. The molecule has 4 nitrogen and oxygen atoms in total. The predicted molar refractivity (Wildman–Crippen MR) is 110 cm³/mol. The predicted octanol–water partition coefficient (Wildman–Crippen LogP) is 4.08. The summed E-state index contributed by atoms with van der Waals surface area (Å²) in [6.07, 6.45) is 2.21. The molecule has 0 saturated carbocycles. The molecule has 0 aliphatic carbocycles. The molecule has 0 bridgehead atoms. The molecule has 134 valence electrons. The van der Waals surface area contributed by atoms with E-state index < -0.39 is 0 Å². The van der Waals surface area contributed by atoms with Crippen molar-refractivity contribution >= 4 is 32.7 Å². The van der Waals surface area contributed by atoms with Gasteiger partial charge in [-0.2, -0.15) is 0 Å². The molecule has 5 heteroatoms. The van der Waals surface area contributed by atoms with Crippen molar-refractivity contribution in [3.05, 3.63) is 59.2 Å². The maximum atomic E-state index is 4.90. The van der Waals surface area contributed by atoms with E-state index in [1.807, 2.05) is 6.07 Å². The Morgan fingerprint density at radius 1 is 1.04 bits per heavy atom. The molecule has 0 amide bonds. The molecule has 0 spiro atoms. The Labute approximate surface area is 162 Å². The molecular formula is C21H24BrN4+. The number of hydrogen-bond acceptors (Lipinski definition) is 1. The van der Waals surface area contributed by atoms with Gasteiger partial charge in [0, 0.05) is 10.7 Å². The summed E-state index contributed by atoms with van der Waals surface area (Å²) < 4.78 is 5.64. The second kappa shape index (κ2) is 6.56. The molecule has 0 aliphatic rings. The fraction of sp³-hybridized carbons (Fsp3) is 0.286.